The summed E-state index contributed by atoms with van der Waals surface area (Å²) < 4.78 is 15.3. The fourth-order valence-electron chi connectivity index (χ4n) is 1.73. The van der Waals surface area contributed by atoms with Gasteiger partial charge in [-0.1, -0.05) is 11.8 Å². The van der Waals surface area contributed by atoms with Gasteiger partial charge in [-0.05, 0) is 24.3 Å². The molecule has 0 aliphatic heterocycles. The Hall–Kier alpha value is -2.65. The summed E-state index contributed by atoms with van der Waals surface area (Å²) in [4.78, 5) is 11.9. The Morgan fingerprint density at radius 1 is 1.48 bits per heavy atom. The quantitative estimate of drug-likeness (QED) is 0.817. The maximum absolute atomic E-state index is 13.7. The van der Waals surface area contributed by atoms with E-state index in [0.29, 0.717) is 18.7 Å². The molecule has 5 nitrogen and oxygen atoms in total. The number of aliphatic hydroxyl groups is 1. The average Bonchev–Trinajstić information content (AvgIpc) is 2.99. The molecule has 0 spiro atoms. The van der Waals surface area contributed by atoms with Crippen LogP contribution in [0.1, 0.15) is 15.9 Å². The predicted molar refractivity (Wildman–Crippen MR) is 74.9 cm³/mol. The largest absolute Gasteiger partial charge is 0.384 e. The fourth-order valence-corrected chi connectivity index (χ4v) is 1.73. The molecule has 6 heteroatoms. The summed E-state index contributed by atoms with van der Waals surface area (Å²) in [7, 11) is 0. The number of nitrogens with zero attached hydrogens (tertiary/aromatic N) is 2. The van der Waals surface area contributed by atoms with E-state index in [2.05, 4.69) is 22.3 Å². The van der Waals surface area contributed by atoms with Gasteiger partial charge in [-0.2, -0.15) is 5.10 Å². The summed E-state index contributed by atoms with van der Waals surface area (Å²) in [6.07, 6.45) is 3.42. The number of aromatic nitrogens is 2. The lowest BCUT2D eigenvalue weighted by Gasteiger charge is -2.07. The number of nitrogens with one attached hydrogen (secondary N) is 1. The van der Waals surface area contributed by atoms with Crippen molar-refractivity contribution in [3.8, 4) is 11.8 Å². The van der Waals surface area contributed by atoms with E-state index in [0.717, 1.165) is 0 Å². The van der Waals surface area contributed by atoms with Crippen molar-refractivity contribution >= 4 is 5.91 Å². The van der Waals surface area contributed by atoms with E-state index in [4.69, 9.17) is 5.11 Å². The number of benzene rings is 1. The maximum atomic E-state index is 13.7. The molecule has 0 atom stereocenters. The van der Waals surface area contributed by atoms with Crippen LogP contribution >= 0.6 is 0 Å². The monoisotopic (exact) mass is 287 g/mol. The van der Waals surface area contributed by atoms with Gasteiger partial charge in [-0.25, -0.2) is 4.39 Å². The summed E-state index contributed by atoms with van der Waals surface area (Å²) >= 11 is 0. The molecule has 0 aliphatic carbocycles. The standard InChI is InChI=1S/C15H14FN3O2/c16-14-5-4-12(3-1-10-20)11-13(14)15(21)17-7-9-19-8-2-6-18-19/h2,4-6,8,11,20H,7,9-10H2,(H,17,21). The first-order valence-corrected chi connectivity index (χ1v) is 6.35. The third kappa shape index (κ3) is 4.16. The molecule has 2 aromatic rings. The van der Waals surface area contributed by atoms with E-state index >= 15 is 0 Å². The van der Waals surface area contributed by atoms with Crippen LogP contribution in [0.25, 0.3) is 0 Å². The highest BCUT2D eigenvalue weighted by Gasteiger charge is 2.11. The van der Waals surface area contributed by atoms with E-state index in [1.165, 1.54) is 18.2 Å². The van der Waals surface area contributed by atoms with Gasteiger partial charge in [0, 0.05) is 24.5 Å². The van der Waals surface area contributed by atoms with Gasteiger partial charge in [0.2, 0.25) is 0 Å². The summed E-state index contributed by atoms with van der Waals surface area (Å²) in [6, 6.07) is 5.79. The highest BCUT2D eigenvalue weighted by Crippen LogP contribution is 2.10. The van der Waals surface area contributed by atoms with E-state index in [1.807, 2.05) is 0 Å². The molecular formula is C15H14FN3O2. The molecular weight excluding hydrogens is 273 g/mol. The zero-order valence-electron chi connectivity index (χ0n) is 11.2. The second kappa shape index (κ2) is 7.22. The van der Waals surface area contributed by atoms with Gasteiger partial charge in [0.05, 0.1) is 12.1 Å². The van der Waals surface area contributed by atoms with Crippen LogP contribution in [0.15, 0.2) is 36.7 Å². The molecule has 0 saturated heterocycles. The van der Waals surface area contributed by atoms with Gasteiger partial charge in [-0.15, -0.1) is 0 Å². The molecule has 108 valence electrons. The molecule has 1 aromatic heterocycles. The number of hydrogen-bond acceptors (Lipinski definition) is 3. The molecule has 0 aliphatic rings. The van der Waals surface area contributed by atoms with Crippen LogP contribution in [0.4, 0.5) is 4.39 Å². The highest BCUT2D eigenvalue weighted by atomic mass is 19.1. The summed E-state index contributed by atoms with van der Waals surface area (Å²) in [5, 5.41) is 15.3. The Kier molecular flexibility index (Phi) is 5.07. The molecule has 0 saturated carbocycles. The smallest absolute Gasteiger partial charge is 0.254 e. The number of amides is 1. The topological polar surface area (TPSA) is 67.2 Å². The van der Waals surface area contributed by atoms with Gasteiger partial charge < -0.3 is 10.4 Å². The Morgan fingerprint density at radius 3 is 3.05 bits per heavy atom. The first-order valence-electron chi connectivity index (χ1n) is 6.35. The van der Waals surface area contributed by atoms with Crippen LogP contribution in [-0.4, -0.2) is 33.9 Å². The van der Waals surface area contributed by atoms with Crippen LogP contribution in [-0.2, 0) is 6.54 Å². The first-order chi connectivity index (χ1) is 10.2. The molecule has 1 aromatic carbocycles. The molecule has 2 N–H and O–H groups in total. The molecule has 0 radical (unpaired) electrons. The molecule has 0 bridgehead atoms. The van der Waals surface area contributed by atoms with Crippen molar-refractivity contribution in [1.82, 2.24) is 15.1 Å². The van der Waals surface area contributed by atoms with E-state index < -0.39 is 11.7 Å². The van der Waals surface area contributed by atoms with Crippen molar-refractivity contribution in [2.24, 2.45) is 0 Å². The lowest BCUT2D eigenvalue weighted by molar-refractivity contribution is 0.0948. The number of hydrogen-bond donors (Lipinski definition) is 2. The Labute approximate surface area is 121 Å². The molecule has 2 rings (SSSR count). The average molecular weight is 287 g/mol. The SMILES string of the molecule is O=C(NCCn1cccn1)c1cc(C#CCO)ccc1F. The number of halogens is 1. The third-order valence-electron chi connectivity index (χ3n) is 2.71. The number of carbonyl (C=O) groups is 1. The van der Waals surface area contributed by atoms with Crippen LogP contribution in [0.2, 0.25) is 0 Å². The van der Waals surface area contributed by atoms with Crippen molar-refractivity contribution < 1.29 is 14.3 Å². The summed E-state index contributed by atoms with van der Waals surface area (Å²) in [5.74, 6) is 3.97. The van der Waals surface area contributed by atoms with Crippen LogP contribution in [0, 0.1) is 17.7 Å². The minimum absolute atomic E-state index is 0.0693. The fraction of sp³-hybridized carbons (Fsp3) is 0.200. The highest BCUT2D eigenvalue weighted by molar-refractivity contribution is 5.94. The van der Waals surface area contributed by atoms with E-state index in [9.17, 15) is 9.18 Å². The Bertz CT molecular complexity index is 672. The van der Waals surface area contributed by atoms with E-state index in [1.54, 1.807) is 23.1 Å². The molecule has 21 heavy (non-hydrogen) atoms. The lowest BCUT2D eigenvalue weighted by atomic mass is 10.1. The summed E-state index contributed by atoms with van der Waals surface area (Å²) in [5.41, 5.74) is 0.405. The minimum atomic E-state index is -0.610. The van der Waals surface area contributed by atoms with Gasteiger partial charge in [-0.3, -0.25) is 9.48 Å². The second-order valence-electron chi connectivity index (χ2n) is 4.18. The van der Waals surface area contributed by atoms with Crippen LogP contribution in [0.5, 0.6) is 0 Å². The van der Waals surface area contributed by atoms with Crippen molar-refractivity contribution in [3.05, 3.63) is 53.6 Å². The summed E-state index contributed by atoms with van der Waals surface area (Å²) in [6.45, 7) is 0.555. The molecule has 0 unspecified atom stereocenters. The van der Waals surface area contributed by atoms with Gasteiger partial charge in [0.1, 0.15) is 12.4 Å². The van der Waals surface area contributed by atoms with Gasteiger partial charge >= 0.3 is 0 Å². The zero-order chi connectivity index (χ0) is 15.1. The van der Waals surface area contributed by atoms with Crippen LogP contribution in [0.3, 0.4) is 0 Å². The van der Waals surface area contributed by atoms with Crippen molar-refractivity contribution in [1.29, 1.82) is 0 Å². The Morgan fingerprint density at radius 2 is 2.33 bits per heavy atom. The van der Waals surface area contributed by atoms with Crippen molar-refractivity contribution in [2.45, 2.75) is 6.54 Å². The van der Waals surface area contributed by atoms with Gasteiger partial charge in [0.15, 0.2) is 0 Å². The molecule has 1 amide bonds. The third-order valence-corrected chi connectivity index (χ3v) is 2.71. The lowest BCUT2D eigenvalue weighted by Crippen LogP contribution is -2.28. The van der Waals surface area contributed by atoms with Crippen molar-refractivity contribution in [3.63, 3.8) is 0 Å². The first kappa shape index (κ1) is 14.8. The van der Waals surface area contributed by atoms with Gasteiger partial charge in [0.25, 0.3) is 5.91 Å². The maximum Gasteiger partial charge on any atom is 0.254 e. The molecule has 1 heterocycles. The van der Waals surface area contributed by atoms with E-state index in [-0.39, 0.29) is 12.2 Å². The predicted octanol–water partition coefficient (Wildman–Crippen LogP) is 0.796. The minimum Gasteiger partial charge on any atom is -0.384 e. The second-order valence-corrected chi connectivity index (χ2v) is 4.18. The van der Waals surface area contributed by atoms with Crippen molar-refractivity contribution in [2.75, 3.05) is 13.2 Å². The number of rotatable bonds is 4. The Balaban J connectivity index is 2.00. The molecule has 0 fully saturated rings. The number of aliphatic hydroxyl groups excluding tert-OH is 1. The van der Waals surface area contributed by atoms with Crippen LogP contribution < -0.4 is 5.32 Å². The number of carbonyl (C=O) groups excluding carboxylic acids is 1. The zero-order valence-corrected chi connectivity index (χ0v) is 11.2. The normalized spacial score (nSPS) is 9.81.